The van der Waals surface area contributed by atoms with Gasteiger partial charge in [-0.1, -0.05) is 19.3 Å². The maximum absolute atomic E-state index is 12.1. The Labute approximate surface area is 168 Å². The Bertz CT molecular complexity index is 934. The van der Waals surface area contributed by atoms with Gasteiger partial charge in [0.15, 0.2) is 29.3 Å². The quantitative estimate of drug-likeness (QED) is 0.397. The molecule has 1 saturated heterocycles. The van der Waals surface area contributed by atoms with Crippen LogP contribution in [0.1, 0.15) is 45.2 Å². The van der Waals surface area contributed by atoms with Crippen molar-refractivity contribution in [3.8, 4) is 11.8 Å². The van der Waals surface area contributed by atoms with Gasteiger partial charge in [0.25, 0.3) is 5.91 Å². The third-order valence-corrected chi connectivity index (χ3v) is 4.64. The molecule has 3 rings (SSSR count). The van der Waals surface area contributed by atoms with Crippen LogP contribution >= 0.6 is 0 Å². The van der Waals surface area contributed by atoms with Crippen LogP contribution in [0.3, 0.4) is 0 Å². The summed E-state index contributed by atoms with van der Waals surface area (Å²) in [7, 11) is 1.71. The predicted molar refractivity (Wildman–Crippen MR) is 106 cm³/mol. The number of fused-ring (bicyclic) bond motifs is 1. The molecule has 4 N–H and O–H groups in total. The van der Waals surface area contributed by atoms with Gasteiger partial charge in [0.1, 0.15) is 12.2 Å². The fraction of sp³-hybridized carbons (Fsp3) is 0.579. The Hall–Kier alpha value is -2.74. The largest absolute Gasteiger partial charge is 0.387 e. The Morgan fingerprint density at radius 1 is 1.31 bits per heavy atom. The van der Waals surface area contributed by atoms with Gasteiger partial charge in [-0.25, -0.2) is 15.0 Å². The highest BCUT2D eigenvalue weighted by Gasteiger charge is 2.47. The summed E-state index contributed by atoms with van der Waals surface area (Å²) in [6, 6.07) is 0. The normalized spacial score (nSPS) is 23.6. The van der Waals surface area contributed by atoms with Crippen molar-refractivity contribution in [3.05, 3.63) is 12.2 Å². The smallest absolute Gasteiger partial charge is 0.252 e. The molecular formula is C19H26N6O4. The van der Waals surface area contributed by atoms with Crippen LogP contribution in [0.2, 0.25) is 0 Å². The number of nitrogens with zero attached hydrogens (tertiary/aromatic N) is 4. The van der Waals surface area contributed by atoms with Crippen molar-refractivity contribution in [3.63, 3.8) is 0 Å². The number of carbonyl (C=O) groups is 1. The lowest BCUT2D eigenvalue weighted by atomic mass is 10.1. The number of ether oxygens (including phenoxy) is 1. The van der Waals surface area contributed by atoms with Crippen molar-refractivity contribution in [2.45, 2.75) is 57.6 Å². The van der Waals surface area contributed by atoms with E-state index in [0.717, 1.165) is 19.3 Å². The number of unbranched alkanes of at least 4 members (excludes halogenated alkanes) is 2. The lowest BCUT2D eigenvalue weighted by Gasteiger charge is -2.16. The van der Waals surface area contributed by atoms with Crippen molar-refractivity contribution in [2.75, 3.05) is 18.9 Å². The molecule has 0 saturated carbocycles. The molecule has 0 aliphatic carbocycles. The minimum Gasteiger partial charge on any atom is -0.387 e. The minimum atomic E-state index is -1.37. The molecule has 1 fully saturated rings. The van der Waals surface area contributed by atoms with Gasteiger partial charge in [0.2, 0.25) is 5.82 Å². The van der Waals surface area contributed by atoms with E-state index in [1.54, 1.807) is 14.0 Å². The minimum absolute atomic E-state index is 0.313. The van der Waals surface area contributed by atoms with Crippen LogP contribution in [-0.2, 0) is 9.53 Å². The molecule has 4 atom stereocenters. The van der Waals surface area contributed by atoms with E-state index < -0.39 is 30.4 Å². The van der Waals surface area contributed by atoms with E-state index in [-0.39, 0.29) is 0 Å². The molecule has 0 bridgehead atoms. The topological polar surface area (TPSA) is 134 Å². The molecule has 29 heavy (non-hydrogen) atoms. The molecular weight excluding hydrogens is 376 g/mol. The Morgan fingerprint density at radius 2 is 2.10 bits per heavy atom. The number of imidazole rings is 1. The van der Waals surface area contributed by atoms with Crippen molar-refractivity contribution in [2.24, 2.45) is 0 Å². The molecule has 2 aromatic heterocycles. The number of aliphatic hydroxyl groups excluding tert-OH is 2. The van der Waals surface area contributed by atoms with E-state index in [2.05, 4.69) is 44.4 Å². The molecule has 4 unspecified atom stereocenters. The summed E-state index contributed by atoms with van der Waals surface area (Å²) in [6.45, 7) is 4.24. The first kappa shape index (κ1) is 21.0. The molecule has 156 valence electrons. The molecule has 1 amide bonds. The van der Waals surface area contributed by atoms with E-state index >= 15 is 0 Å². The van der Waals surface area contributed by atoms with Crippen LogP contribution in [0.25, 0.3) is 11.2 Å². The van der Waals surface area contributed by atoms with Crippen LogP contribution in [-0.4, -0.2) is 67.5 Å². The molecule has 0 aromatic carbocycles. The number of anilines is 1. The van der Waals surface area contributed by atoms with Crippen molar-refractivity contribution in [1.82, 2.24) is 24.8 Å². The highest BCUT2D eigenvalue weighted by atomic mass is 16.6. The molecule has 10 heteroatoms. The monoisotopic (exact) mass is 402 g/mol. The number of likely N-dealkylation sites (N-methyl/N-ethyl adjacent to an activating group) is 1. The average Bonchev–Trinajstić information content (AvgIpc) is 3.26. The number of hydrogen-bond donors (Lipinski definition) is 4. The first-order chi connectivity index (χ1) is 14.0. The first-order valence-electron chi connectivity index (χ1n) is 9.72. The number of aromatic nitrogens is 4. The summed E-state index contributed by atoms with van der Waals surface area (Å²) in [5, 5.41) is 26.3. The molecule has 10 nitrogen and oxygen atoms in total. The van der Waals surface area contributed by atoms with Gasteiger partial charge >= 0.3 is 0 Å². The second kappa shape index (κ2) is 9.17. The average molecular weight is 402 g/mol. The number of amides is 1. The molecule has 0 radical (unpaired) electrons. The van der Waals surface area contributed by atoms with E-state index in [1.165, 1.54) is 10.9 Å². The fourth-order valence-electron chi connectivity index (χ4n) is 3.12. The van der Waals surface area contributed by atoms with Gasteiger partial charge in [-0.2, -0.15) is 0 Å². The number of carbonyl (C=O) groups excluding carboxylic acids is 1. The highest BCUT2D eigenvalue weighted by molar-refractivity contribution is 5.84. The standard InChI is InChI=1S/C19H26N6O4/c1-4-6-7-8-9-11-23-16(20-3)12-17(24-11)25(10-22-12)19-14(27)13(26)15(29-19)18(28)21-5-2/h10,13-15,19,26-27H,4-7H2,1-3H3,(H,21,28)(H,20,23,24). The van der Waals surface area contributed by atoms with Crippen LogP contribution in [0.15, 0.2) is 6.33 Å². The van der Waals surface area contributed by atoms with Crippen LogP contribution in [0.4, 0.5) is 5.82 Å². The van der Waals surface area contributed by atoms with Gasteiger partial charge in [0, 0.05) is 20.0 Å². The molecule has 1 aliphatic rings. The Balaban J connectivity index is 1.97. The van der Waals surface area contributed by atoms with Gasteiger partial charge in [-0.15, -0.1) is 0 Å². The van der Waals surface area contributed by atoms with Gasteiger partial charge in [-0.3, -0.25) is 9.36 Å². The lowest BCUT2D eigenvalue weighted by molar-refractivity contribution is -0.137. The number of aliphatic hydroxyl groups is 2. The first-order valence-corrected chi connectivity index (χ1v) is 9.72. The highest BCUT2D eigenvalue weighted by Crippen LogP contribution is 2.32. The van der Waals surface area contributed by atoms with Gasteiger partial charge in [0.05, 0.1) is 6.33 Å². The Kier molecular flexibility index (Phi) is 6.64. The second-order valence-electron chi connectivity index (χ2n) is 6.70. The number of hydrogen-bond acceptors (Lipinski definition) is 8. The maximum atomic E-state index is 12.1. The SMILES string of the molecule is CCCCC#Cc1nc(NC)c2ncn(C3OC(C(=O)NCC)C(O)C3O)c2n1. The van der Waals surface area contributed by atoms with E-state index in [4.69, 9.17) is 4.74 Å². The third-order valence-electron chi connectivity index (χ3n) is 4.64. The Morgan fingerprint density at radius 3 is 2.79 bits per heavy atom. The predicted octanol–water partition coefficient (Wildman–Crippen LogP) is 0.165. The van der Waals surface area contributed by atoms with Crippen LogP contribution in [0.5, 0.6) is 0 Å². The number of rotatable bonds is 6. The van der Waals surface area contributed by atoms with Gasteiger partial charge < -0.3 is 25.6 Å². The van der Waals surface area contributed by atoms with E-state index in [1.807, 2.05) is 0 Å². The van der Waals surface area contributed by atoms with Crippen molar-refractivity contribution in [1.29, 1.82) is 0 Å². The lowest BCUT2D eigenvalue weighted by Crippen LogP contribution is -2.42. The third kappa shape index (κ3) is 4.17. The molecule has 0 spiro atoms. The second-order valence-corrected chi connectivity index (χ2v) is 6.70. The summed E-state index contributed by atoms with van der Waals surface area (Å²) in [4.78, 5) is 25.2. The summed E-state index contributed by atoms with van der Waals surface area (Å²) in [5.41, 5.74) is 0.857. The summed E-state index contributed by atoms with van der Waals surface area (Å²) < 4.78 is 7.16. The van der Waals surface area contributed by atoms with E-state index in [0.29, 0.717) is 29.4 Å². The van der Waals surface area contributed by atoms with Gasteiger partial charge in [-0.05, 0) is 19.3 Å². The zero-order chi connectivity index (χ0) is 21.0. The molecule has 2 aromatic rings. The zero-order valence-corrected chi connectivity index (χ0v) is 16.7. The summed E-state index contributed by atoms with van der Waals surface area (Å²) in [5.74, 6) is 6.31. The zero-order valence-electron chi connectivity index (χ0n) is 16.7. The molecule has 3 heterocycles. The van der Waals surface area contributed by atoms with Crippen molar-refractivity contribution < 1.29 is 19.7 Å². The summed E-state index contributed by atoms with van der Waals surface area (Å²) >= 11 is 0. The summed E-state index contributed by atoms with van der Waals surface area (Å²) in [6.07, 6.45) is -0.682. The fourth-order valence-corrected chi connectivity index (χ4v) is 3.12. The number of nitrogens with one attached hydrogen (secondary N) is 2. The van der Waals surface area contributed by atoms with Crippen LogP contribution in [0, 0.1) is 11.8 Å². The molecule has 1 aliphatic heterocycles. The maximum Gasteiger partial charge on any atom is 0.252 e. The van der Waals surface area contributed by atoms with Crippen molar-refractivity contribution >= 4 is 22.9 Å². The van der Waals surface area contributed by atoms with Crippen LogP contribution < -0.4 is 10.6 Å². The van der Waals surface area contributed by atoms with E-state index in [9.17, 15) is 15.0 Å².